The first-order valence-corrected chi connectivity index (χ1v) is 6.63. The number of nitrogens with zero attached hydrogens (tertiary/aromatic N) is 3. The first kappa shape index (κ1) is 14.8. The Bertz CT molecular complexity index is 623. The molecule has 0 aliphatic carbocycles. The minimum atomic E-state index is -1.00. The van der Waals surface area contributed by atoms with Crippen LogP contribution in [0.15, 0.2) is 18.2 Å². The van der Waals surface area contributed by atoms with Gasteiger partial charge in [0.05, 0.1) is 16.6 Å². The Morgan fingerprint density at radius 2 is 2.29 bits per heavy atom. The number of benzene rings is 1. The lowest BCUT2D eigenvalue weighted by Crippen LogP contribution is -2.49. The molecule has 0 bridgehead atoms. The quantitative estimate of drug-likeness (QED) is 0.674. The van der Waals surface area contributed by atoms with Gasteiger partial charge in [-0.1, -0.05) is 6.92 Å². The van der Waals surface area contributed by atoms with Crippen molar-refractivity contribution in [2.24, 2.45) is 5.92 Å². The van der Waals surface area contributed by atoms with E-state index in [-0.39, 0.29) is 22.9 Å². The van der Waals surface area contributed by atoms with Gasteiger partial charge < -0.3 is 10.0 Å². The minimum absolute atomic E-state index is 0.110. The summed E-state index contributed by atoms with van der Waals surface area (Å²) in [4.78, 5) is 23.7. The van der Waals surface area contributed by atoms with Gasteiger partial charge in [-0.3, -0.25) is 10.1 Å². The number of carboxylic acid groups (broad SMARTS) is 1. The molecule has 0 amide bonds. The van der Waals surface area contributed by atoms with Crippen LogP contribution in [0.3, 0.4) is 0 Å². The SMILES string of the molecule is CC1CCCN(c2cc(C#N)ccc2[N+](=O)[O-])C1C(=O)O. The fourth-order valence-corrected chi connectivity index (χ4v) is 2.81. The third-order valence-corrected chi connectivity index (χ3v) is 3.80. The molecular weight excluding hydrogens is 274 g/mol. The summed E-state index contributed by atoms with van der Waals surface area (Å²) in [5, 5.41) is 29.6. The van der Waals surface area contributed by atoms with Crippen molar-refractivity contribution in [3.05, 3.63) is 33.9 Å². The van der Waals surface area contributed by atoms with Gasteiger partial charge in [0, 0.05) is 12.6 Å². The maximum Gasteiger partial charge on any atom is 0.326 e. The van der Waals surface area contributed by atoms with Gasteiger partial charge in [-0.15, -0.1) is 0 Å². The number of nitro benzene ring substituents is 1. The molecule has 0 spiro atoms. The van der Waals surface area contributed by atoms with Gasteiger partial charge in [0.1, 0.15) is 11.7 Å². The minimum Gasteiger partial charge on any atom is -0.480 e. The standard InChI is InChI=1S/C14H15N3O4/c1-9-3-2-6-16(13(9)14(18)19)12-7-10(8-15)4-5-11(12)17(20)21/h4-5,7,9,13H,2-3,6H2,1H3,(H,18,19). The van der Waals surface area contributed by atoms with Crippen LogP contribution in [-0.2, 0) is 4.79 Å². The van der Waals surface area contributed by atoms with Crippen molar-refractivity contribution >= 4 is 17.3 Å². The van der Waals surface area contributed by atoms with Crippen LogP contribution < -0.4 is 4.90 Å². The number of aliphatic carboxylic acids is 1. The van der Waals surface area contributed by atoms with Gasteiger partial charge in [0.25, 0.3) is 5.69 Å². The Labute approximate surface area is 121 Å². The summed E-state index contributed by atoms with van der Waals surface area (Å²) >= 11 is 0. The molecule has 2 rings (SSSR count). The Morgan fingerprint density at radius 3 is 2.86 bits per heavy atom. The van der Waals surface area contributed by atoms with E-state index >= 15 is 0 Å². The van der Waals surface area contributed by atoms with Crippen LogP contribution in [0.2, 0.25) is 0 Å². The third kappa shape index (κ3) is 2.79. The summed E-state index contributed by atoms with van der Waals surface area (Å²) in [5.41, 5.74) is 0.310. The molecule has 2 unspecified atom stereocenters. The smallest absolute Gasteiger partial charge is 0.326 e. The number of nitriles is 1. The maximum atomic E-state index is 11.5. The summed E-state index contributed by atoms with van der Waals surface area (Å²) in [7, 11) is 0. The molecule has 1 aliphatic rings. The van der Waals surface area contributed by atoms with E-state index in [9.17, 15) is 20.0 Å². The molecule has 0 saturated carbocycles. The maximum absolute atomic E-state index is 11.5. The van der Waals surface area contributed by atoms with Crippen LogP contribution in [0.1, 0.15) is 25.3 Å². The highest BCUT2D eigenvalue weighted by atomic mass is 16.6. The van der Waals surface area contributed by atoms with E-state index in [1.54, 1.807) is 0 Å². The number of hydrogen-bond donors (Lipinski definition) is 1. The van der Waals surface area contributed by atoms with Gasteiger partial charge in [-0.25, -0.2) is 4.79 Å². The summed E-state index contributed by atoms with van der Waals surface area (Å²) in [6.07, 6.45) is 1.53. The Morgan fingerprint density at radius 1 is 1.57 bits per heavy atom. The van der Waals surface area contributed by atoms with E-state index in [4.69, 9.17) is 5.26 Å². The zero-order valence-electron chi connectivity index (χ0n) is 11.5. The lowest BCUT2D eigenvalue weighted by molar-refractivity contribution is -0.384. The Hall–Kier alpha value is -2.62. The van der Waals surface area contributed by atoms with Crippen molar-refractivity contribution in [2.45, 2.75) is 25.8 Å². The molecule has 7 nitrogen and oxygen atoms in total. The number of hydrogen-bond acceptors (Lipinski definition) is 5. The molecule has 1 heterocycles. The molecule has 1 N–H and O–H groups in total. The first-order chi connectivity index (χ1) is 9.95. The zero-order valence-corrected chi connectivity index (χ0v) is 11.5. The highest BCUT2D eigenvalue weighted by molar-refractivity contribution is 5.81. The van der Waals surface area contributed by atoms with Crippen LogP contribution in [0, 0.1) is 27.4 Å². The molecule has 7 heteroatoms. The van der Waals surface area contributed by atoms with E-state index in [2.05, 4.69) is 0 Å². The van der Waals surface area contributed by atoms with E-state index < -0.39 is 16.9 Å². The topological polar surface area (TPSA) is 107 Å². The molecule has 1 saturated heterocycles. The number of piperidine rings is 1. The second-order valence-corrected chi connectivity index (χ2v) is 5.17. The predicted molar refractivity (Wildman–Crippen MR) is 75.0 cm³/mol. The van der Waals surface area contributed by atoms with Crippen molar-refractivity contribution in [1.29, 1.82) is 5.26 Å². The lowest BCUT2D eigenvalue weighted by Gasteiger charge is -2.38. The molecule has 1 aromatic rings. The largest absolute Gasteiger partial charge is 0.480 e. The number of anilines is 1. The summed E-state index contributed by atoms with van der Waals surface area (Å²) < 4.78 is 0. The van der Waals surface area contributed by atoms with Crippen LogP contribution >= 0.6 is 0 Å². The van der Waals surface area contributed by atoms with Crippen LogP contribution in [-0.4, -0.2) is 28.6 Å². The lowest BCUT2D eigenvalue weighted by atomic mass is 9.90. The van der Waals surface area contributed by atoms with E-state index in [0.29, 0.717) is 6.54 Å². The Balaban J connectivity index is 2.54. The molecular formula is C14H15N3O4. The van der Waals surface area contributed by atoms with Gasteiger partial charge in [-0.05, 0) is 30.9 Å². The number of rotatable bonds is 3. The van der Waals surface area contributed by atoms with Gasteiger partial charge in [0.2, 0.25) is 0 Å². The van der Waals surface area contributed by atoms with Crippen LogP contribution in [0.25, 0.3) is 0 Å². The van der Waals surface area contributed by atoms with Crippen LogP contribution in [0.5, 0.6) is 0 Å². The van der Waals surface area contributed by atoms with Crippen molar-refractivity contribution in [3.8, 4) is 6.07 Å². The van der Waals surface area contributed by atoms with E-state index in [1.807, 2.05) is 13.0 Å². The van der Waals surface area contributed by atoms with Crippen LogP contribution in [0.4, 0.5) is 11.4 Å². The fourth-order valence-electron chi connectivity index (χ4n) is 2.81. The average molecular weight is 289 g/mol. The average Bonchev–Trinajstić information content (AvgIpc) is 2.45. The molecule has 110 valence electrons. The highest BCUT2D eigenvalue weighted by Crippen LogP contribution is 2.35. The fraction of sp³-hybridized carbons (Fsp3) is 0.429. The molecule has 0 radical (unpaired) electrons. The number of carbonyl (C=O) groups is 1. The van der Waals surface area contributed by atoms with Gasteiger partial charge >= 0.3 is 5.97 Å². The second-order valence-electron chi connectivity index (χ2n) is 5.17. The van der Waals surface area contributed by atoms with Crippen molar-refractivity contribution < 1.29 is 14.8 Å². The summed E-state index contributed by atoms with van der Waals surface area (Å²) in [6.45, 7) is 2.25. The highest BCUT2D eigenvalue weighted by Gasteiger charge is 2.37. The van der Waals surface area contributed by atoms with Crippen molar-refractivity contribution in [1.82, 2.24) is 0 Å². The molecule has 1 aromatic carbocycles. The zero-order chi connectivity index (χ0) is 15.6. The van der Waals surface area contributed by atoms with E-state index in [0.717, 1.165) is 12.8 Å². The predicted octanol–water partition coefficient (Wildman–Crippen LogP) is 2.16. The number of nitro groups is 1. The van der Waals surface area contributed by atoms with Crippen molar-refractivity contribution in [2.75, 3.05) is 11.4 Å². The summed E-state index contributed by atoms with van der Waals surface area (Å²) in [6, 6.07) is 5.13. The summed E-state index contributed by atoms with van der Waals surface area (Å²) in [5.74, 6) is -1.11. The molecule has 21 heavy (non-hydrogen) atoms. The van der Waals surface area contributed by atoms with E-state index in [1.165, 1.54) is 23.1 Å². The molecule has 2 atom stereocenters. The molecule has 1 fully saturated rings. The number of carboxylic acids is 1. The van der Waals surface area contributed by atoms with Gasteiger partial charge in [0.15, 0.2) is 0 Å². The first-order valence-electron chi connectivity index (χ1n) is 6.63. The third-order valence-electron chi connectivity index (χ3n) is 3.80. The normalized spacial score (nSPS) is 21.6. The molecule has 1 aliphatic heterocycles. The van der Waals surface area contributed by atoms with Gasteiger partial charge in [-0.2, -0.15) is 5.26 Å². The van der Waals surface area contributed by atoms with Crippen molar-refractivity contribution in [3.63, 3.8) is 0 Å². The molecule has 0 aromatic heterocycles. The second kappa shape index (κ2) is 5.79. The Kier molecular flexibility index (Phi) is 4.08. The monoisotopic (exact) mass is 289 g/mol.